The number of methoxy groups -OCH3 is 1. The lowest BCUT2D eigenvalue weighted by Crippen LogP contribution is -2.57. The van der Waals surface area contributed by atoms with Crippen LogP contribution in [0.4, 0.5) is 0 Å². The van der Waals surface area contributed by atoms with Crippen LogP contribution in [0.1, 0.15) is 39.2 Å². The third-order valence-electron chi connectivity index (χ3n) is 5.55. The first-order valence-corrected chi connectivity index (χ1v) is 10.1. The van der Waals surface area contributed by atoms with Crippen LogP contribution in [0.3, 0.4) is 0 Å². The highest BCUT2D eigenvalue weighted by molar-refractivity contribution is 14.1. The molecule has 128 valence electrons. The number of ether oxygens (including phenoxy) is 3. The van der Waals surface area contributed by atoms with E-state index >= 15 is 0 Å². The highest BCUT2D eigenvalue weighted by atomic mass is 127. The minimum atomic E-state index is -0.0769. The highest BCUT2D eigenvalue weighted by Crippen LogP contribution is 2.55. The van der Waals surface area contributed by atoms with Gasteiger partial charge in [-0.2, -0.15) is 0 Å². The molecule has 1 heterocycles. The molecule has 1 aliphatic heterocycles. The van der Waals surface area contributed by atoms with Crippen LogP contribution in [0.15, 0.2) is 16.6 Å². The first-order valence-electron chi connectivity index (χ1n) is 8.05. The van der Waals surface area contributed by atoms with Gasteiger partial charge in [-0.25, -0.2) is 0 Å². The van der Waals surface area contributed by atoms with Gasteiger partial charge in [-0.15, -0.1) is 0 Å². The Labute approximate surface area is 160 Å². The van der Waals surface area contributed by atoms with Gasteiger partial charge in [0, 0.05) is 17.0 Å². The molecule has 0 saturated heterocycles. The largest absolute Gasteiger partial charge is 0.487 e. The lowest BCUT2D eigenvalue weighted by molar-refractivity contribution is -0.0760. The Bertz CT molecular complexity index is 604. The maximum Gasteiger partial charge on any atom is 0.188 e. The average Bonchev–Trinajstić information content (AvgIpc) is 2.49. The summed E-state index contributed by atoms with van der Waals surface area (Å²) in [5.41, 5.74) is 1.42. The molecule has 0 spiro atoms. The minimum Gasteiger partial charge on any atom is -0.487 e. The molecule has 3 rings (SSSR count). The fraction of sp³-hybridized carbons (Fsp3) is 0.667. The Kier molecular flexibility index (Phi) is 4.93. The van der Waals surface area contributed by atoms with E-state index in [1.54, 1.807) is 7.11 Å². The van der Waals surface area contributed by atoms with Crippen molar-refractivity contribution in [1.82, 2.24) is 0 Å². The van der Waals surface area contributed by atoms with E-state index in [0.29, 0.717) is 9.84 Å². The van der Waals surface area contributed by atoms with Crippen molar-refractivity contribution in [3.8, 4) is 11.5 Å². The second-order valence-electron chi connectivity index (χ2n) is 7.44. The summed E-state index contributed by atoms with van der Waals surface area (Å²) < 4.78 is 18.8. The Balaban J connectivity index is 1.97. The number of hydrogen-bond acceptors (Lipinski definition) is 3. The maximum absolute atomic E-state index is 6.53. The van der Waals surface area contributed by atoms with Crippen molar-refractivity contribution in [2.45, 2.75) is 49.6 Å². The molecule has 0 N–H and O–H groups in total. The van der Waals surface area contributed by atoms with Gasteiger partial charge in [0.15, 0.2) is 6.79 Å². The van der Waals surface area contributed by atoms with E-state index in [0.717, 1.165) is 28.8 Å². The van der Waals surface area contributed by atoms with Crippen molar-refractivity contribution < 1.29 is 14.2 Å². The minimum absolute atomic E-state index is 0.0769. The van der Waals surface area contributed by atoms with Crippen LogP contribution < -0.4 is 9.47 Å². The van der Waals surface area contributed by atoms with Gasteiger partial charge in [-0.3, -0.25) is 0 Å². The SMILES string of the molecule is COCOc1cc2c(cc1Br)O[C@@]1(C)CC[C@H](I)C(C)(C)[C@@H]1C2. The second-order valence-corrected chi connectivity index (χ2v) is 9.80. The smallest absolute Gasteiger partial charge is 0.188 e. The quantitative estimate of drug-likeness (QED) is 0.321. The predicted molar refractivity (Wildman–Crippen MR) is 104 cm³/mol. The number of benzene rings is 1. The molecule has 0 bridgehead atoms. The van der Waals surface area contributed by atoms with Gasteiger partial charge in [0.2, 0.25) is 0 Å². The summed E-state index contributed by atoms with van der Waals surface area (Å²) >= 11 is 6.20. The Morgan fingerprint density at radius 2 is 2.09 bits per heavy atom. The standard InChI is InChI=1S/C18H24BrIO3/c1-17(2)15-8-11-7-14(22-10-21-4)12(19)9-13(11)23-18(15,3)6-5-16(17)20/h7,9,15-16H,5-6,8,10H2,1-4H3/t15-,16-,18-/m0/s1. The summed E-state index contributed by atoms with van der Waals surface area (Å²) in [4.78, 5) is 0. The number of alkyl halides is 1. The predicted octanol–water partition coefficient (Wildman–Crippen LogP) is 5.37. The van der Waals surface area contributed by atoms with Crippen LogP contribution in [-0.4, -0.2) is 23.4 Å². The first-order chi connectivity index (χ1) is 10.8. The van der Waals surface area contributed by atoms with Gasteiger partial charge >= 0.3 is 0 Å². The van der Waals surface area contributed by atoms with E-state index in [4.69, 9.17) is 14.2 Å². The number of halogens is 2. The molecule has 1 aromatic rings. The third-order valence-corrected chi connectivity index (χ3v) is 8.40. The van der Waals surface area contributed by atoms with Crippen molar-refractivity contribution in [2.75, 3.05) is 13.9 Å². The highest BCUT2D eigenvalue weighted by Gasteiger charge is 2.54. The molecule has 1 saturated carbocycles. The Morgan fingerprint density at radius 1 is 1.35 bits per heavy atom. The van der Waals surface area contributed by atoms with Gasteiger partial charge in [0.1, 0.15) is 17.1 Å². The van der Waals surface area contributed by atoms with Gasteiger partial charge in [-0.1, -0.05) is 36.4 Å². The zero-order valence-electron chi connectivity index (χ0n) is 14.1. The molecule has 1 fully saturated rings. The van der Waals surface area contributed by atoms with Crippen molar-refractivity contribution in [1.29, 1.82) is 0 Å². The average molecular weight is 495 g/mol. The van der Waals surface area contributed by atoms with Crippen molar-refractivity contribution >= 4 is 38.5 Å². The molecule has 0 amide bonds. The molecule has 2 aliphatic rings. The maximum atomic E-state index is 6.53. The number of hydrogen-bond donors (Lipinski definition) is 0. The molecule has 3 atom stereocenters. The summed E-state index contributed by atoms with van der Waals surface area (Å²) in [5, 5.41) is 0. The van der Waals surface area contributed by atoms with E-state index in [9.17, 15) is 0 Å². The van der Waals surface area contributed by atoms with Crippen LogP contribution in [-0.2, 0) is 11.2 Å². The second kappa shape index (κ2) is 6.37. The van der Waals surface area contributed by atoms with Crippen LogP contribution >= 0.6 is 38.5 Å². The molecular formula is C18H24BrIO3. The van der Waals surface area contributed by atoms with Crippen molar-refractivity contribution in [2.24, 2.45) is 11.3 Å². The summed E-state index contributed by atoms with van der Waals surface area (Å²) in [6.07, 6.45) is 3.37. The van der Waals surface area contributed by atoms with Crippen molar-refractivity contribution in [3.63, 3.8) is 0 Å². The normalized spacial score (nSPS) is 31.7. The van der Waals surface area contributed by atoms with E-state index in [1.165, 1.54) is 12.0 Å². The molecule has 1 aliphatic carbocycles. The molecule has 1 aromatic carbocycles. The summed E-state index contributed by atoms with van der Waals surface area (Å²) in [6, 6.07) is 4.15. The first kappa shape index (κ1) is 17.8. The molecule has 5 heteroatoms. The lowest BCUT2D eigenvalue weighted by atomic mass is 9.59. The molecule has 23 heavy (non-hydrogen) atoms. The van der Waals surface area contributed by atoms with Gasteiger partial charge in [0.05, 0.1) is 4.47 Å². The van der Waals surface area contributed by atoms with E-state index < -0.39 is 0 Å². The summed E-state index contributed by atoms with van der Waals surface area (Å²) in [6.45, 7) is 7.32. The third kappa shape index (κ3) is 3.13. The molecule has 3 nitrogen and oxygen atoms in total. The molecular weight excluding hydrogens is 471 g/mol. The van der Waals surface area contributed by atoms with Crippen LogP contribution in [0.2, 0.25) is 0 Å². The topological polar surface area (TPSA) is 27.7 Å². The Morgan fingerprint density at radius 3 is 2.78 bits per heavy atom. The van der Waals surface area contributed by atoms with Gasteiger partial charge < -0.3 is 14.2 Å². The van der Waals surface area contributed by atoms with Gasteiger partial charge in [-0.05, 0) is 65.2 Å². The fourth-order valence-electron chi connectivity index (χ4n) is 4.10. The van der Waals surface area contributed by atoms with Crippen LogP contribution in [0.25, 0.3) is 0 Å². The van der Waals surface area contributed by atoms with Gasteiger partial charge in [0.25, 0.3) is 0 Å². The van der Waals surface area contributed by atoms with Crippen LogP contribution in [0.5, 0.6) is 11.5 Å². The van der Waals surface area contributed by atoms with E-state index in [-0.39, 0.29) is 17.8 Å². The summed E-state index contributed by atoms with van der Waals surface area (Å²) in [5.74, 6) is 2.31. The van der Waals surface area contributed by atoms with Crippen molar-refractivity contribution in [3.05, 3.63) is 22.2 Å². The number of fused-ring (bicyclic) bond motifs is 2. The monoisotopic (exact) mass is 494 g/mol. The van der Waals surface area contributed by atoms with E-state index in [1.807, 2.05) is 6.07 Å². The molecule has 0 radical (unpaired) electrons. The fourth-order valence-corrected chi connectivity index (χ4v) is 5.28. The Hall–Kier alpha value is -0.0100. The van der Waals surface area contributed by atoms with Crippen LogP contribution in [0, 0.1) is 11.3 Å². The summed E-state index contributed by atoms with van der Waals surface area (Å²) in [7, 11) is 1.63. The zero-order valence-corrected chi connectivity index (χ0v) is 17.9. The number of rotatable bonds is 3. The molecule has 0 aromatic heterocycles. The molecule has 0 unspecified atom stereocenters. The van der Waals surface area contributed by atoms with E-state index in [2.05, 4.69) is 65.4 Å². The zero-order chi connectivity index (χ0) is 16.8. The lowest BCUT2D eigenvalue weighted by Gasteiger charge is -2.55.